The lowest BCUT2D eigenvalue weighted by molar-refractivity contribution is -0.137. The molecule has 1 aromatic carbocycles. The van der Waals surface area contributed by atoms with E-state index in [-0.39, 0.29) is 12.5 Å². The van der Waals surface area contributed by atoms with Gasteiger partial charge in [-0.3, -0.25) is 14.7 Å². The van der Waals surface area contributed by atoms with Crippen molar-refractivity contribution in [2.75, 3.05) is 13.1 Å². The van der Waals surface area contributed by atoms with Crippen LogP contribution in [0.25, 0.3) is 10.9 Å². The van der Waals surface area contributed by atoms with Gasteiger partial charge in [0.1, 0.15) is 6.54 Å². The van der Waals surface area contributed by atoms with Gasteiger partial charge in [-0.2, -0.15) is 5.10 Å². The number of benzene rings is 1. The number of aromatic nitrogens is 2. The minimum Gasteiger partial charge on any atom is -0.480 e. The molecule has 6 heteroatoms. The second-order valence-corrected chi connectivity index (χ2v) is 4.26. The molecule has 0 aliphatic carbocycles. The predicted octanol–water partition coefficient (Wildman–Crippen LogP) is 1.50. The zero-order valence-corrected chi connectivity index (χ0v) is 10.6. The number of carboxylic acids is 1. The molecule has 0 bridgehead atoms. The van der Waals surface area contributed by atoms with E-state index >= 15 is 0 Å². The number of hydrogen-bond donors (Lipinski definition) is 2. The van der Waals surface area contributed by atoms with Gasteiger partial charge in [-0.1, -0.05) is 19.1 Å². The number of carbonyl (C=O) groups is 2. The van der Waals surface area contributed by atoms with E-state index < -0.39 is 5.97 Å². The Kier molecular flexibility index (Phi) is 3.79. The van der Waals surface area contributed by atoms with Crippen molar-refractivity contribution >= 4 is 22.8 Å². The van der Waals surface area contributed by atoms with Gasteiger partial charge in [-0.15, -0.1) is 0 Å². The van der Waals surface area contributed by atoms with E-state index in [4.69, 9.17) is 5.11 Å². The quantitative estimate of drug-likeness (QED) is 0.854. The van der Waals surface area contributed by atoms with Crippen LogP contribution in [0.5, 0.6) is 0 Å². The summed E-state index contributed by atoms with van der Waals surface area (Å²) in [4.78, 5) is 24.5. The van der Waals surface area contributed by atoms with Crippen molar-refractivity contribution in [3.63, 3.8) is 0 Å². The minimum atomic E-state index is -1.02. The average molecular weight is 261 g/mol. The summed E-state index contributed by atoms with van der Waals surface area (Å²) in [6.45, 7) is 2.02. The summed E-state index contributed by atoms with van der Waals surface area (Å²) in [5, 5.41) is 16.4. The van der Waals surface area contributed by atoms with Crippen LogP contribution in [0.1, 0.15) is 23.7 Å². The van der Waals surface area contributed by atoms with Crippen LogP contribution in [0, 0.1) is 0 Å². The molecule has 0 aliphatic heterocycles. The van der Waals surface area contributed by atoms with E-state index in [1.54, 1.807) is 18.3 Å². The summed E-state index contributed by atoms with van der Waals surface area (Å²) < 4.78 is 0. The molecule has 0 fully saturated rings. The van der Waals surface area contributed by atoms with Gasteiger partial charge in [0.05, 0.1) is 17.3 Å². The van der Waals surface area contributed by atoms with Crippen LogP contribution >= 0.6 is 0 Å². The Bertz CT molecular complexity index is 606. The maximum Gasteiger partial charge on any atom is 0.323 e. The second-order valence-electron chi connectivity index (χ2n) is 4.26. The maximum atomic E-state index is 12.4. The summed E-state index contributed by atoms with van der Waals surface area (Å²) in [7, 11) is 0. The number of aromatic amines is 1. The lowest BCUT2D eigenvalue weighted by atomic mass is 10.1. The third-order valence-electron chi connectivity index (χ3n) is 2.81. The molecular weight excluding hydrogens is 246 g/mol. The van der Waals surface area contributed by atoms with Gasteiger partial charge in [-0.25, -0.2) is 0 Å². The number of fused-ring (bicyclic) bond motifs is 1. The third-order valence-corrected chi connectivity index (χ3v) is 2.81. The Balaban J connectivity index is 2.35. The highest BCUT2D eigenvalue weighted by atomic mass is 16.4. The minimum absolute atomic E-state index is 0.292. The van der Waals surface area contributed by atoms with Crippen molar-refractivity contribution < 1.29 is 14.7 Å². The summed E-state index contributed by atoms with van der Waals surface area (Å²) in [6.07, 6.45) is 2.34. The first-order chi connectivity index (χ1) is 9.13. The summed E-state index contributed by atoms with van der Waals surface area (Å²) in [5.41, 5.74) is 1.09. The standard InChI is InChI=1S/C13H15N3O3/c1-2-6-16(8-11(17)18)13(19)10-5-3-4-9-7-14-15-12(9)10/h3-5,7H,2,6,8H2,1H3,(H,14,15)(H,17,18). The molecule has 0 aliphatic rings. The van der Waals surface area contributed by atoms with Gasteiger partial charge in [0.2, 0.25) is 0 Å². The number of para-hydroxylation sites is 1. The number of H-pyrrole nitrogens is 1. The number of carboxylic acid groups (broad SMARTS) is 1. The van der Waals surface area contributed by atoms with Crippen molar-refractivity contribution in [3.8, 4) is 0 Å². The lowest BCUT2D eigenvalue weighted by Gasteiger charge is -2.20. The molecule has 2 N–H and O–H groups in total. The largest absolute Gasteiger partial charge is 0.480 e. The first-order valence-corrected chi connectivity index (χ1v) is 6.06. The van der Waals surface area contributed by atoms with Gasteiger partial charge in [0.25, 0.3) is 5.91 Å². The molecule has 0 unspecified atom stereocenters. The molecule has 1 amide bonds. The van der Waals surface area contributed by atoms with Gasteiger partial charge in [0, 0.05) is 11.9 Å². The number of rotatable bonds is 5. The van der Waals surface area contributed by atoms with Crippen LogP contribution in [0.4, 0.5) is 0 Å². The second kappa shape index (κ2) is 5.51. The van der Waals surface area contributed by atoms with Gasteiger partial charge in [-0.05, 0) is 12.5 Å². The van der Waals surface area contributed by atoms with E-state index in [2.05, 4.69) is 10.2 Å². The Morgan fingerprint density at radius 2 is 2.21 bits per heavy atom. The fraction of sp³-hybridized carbons (Fsp3) is 0.308. The van der Waals surface area contributed by atoms with Crippen LogP contribution in [0.15, 0.2) is 24.4 Å². The first kappa shape index (κ1) is 13.1. The summed E-state index contributed by atoms with van der Waals surface area (Å²) in [5.74, 6) is -1.31. The fourth-order valence-corrected chi connectivity index (χ4v) is 2.00. The Morgan fingerprint density at radius 3 is 2.89 bits per heavy atom. The highest BCUT2D eigenvalue weighted by molar-refractivity contribution is 6.06. The molecular formula is C13H15N3O3. The average Bonchev–Trinajstić information content (AvgIpc) is 2.85. The van der Waals surface area contributed by atoms with E-state index in [1.165, 1.54) is 4.90 Å². The molecule has 0 radical (unpaired) electrons. The number of carbonyl (C=O) groups excluding carboxylic acids is 1. The first-order valence-electron chi connectivity index (χ1n) is 6.06. The Morgan fingerprint density at radius 1 is 1.42 bits per heavy atom. The molecule has 19 heavy (non-hydrogen) atoms. The fourth-order valence-electron chi connectivity index (χ4n) is 2.00. The van der Waals surface area contributed by atoms with Crippen molar-refractivity contribution in [1.82, 2.24) is 15.1 Å². The van der Waals surface area contributed by atoms with Gasteiger partial charge in [0.15, 0.2) is 0 Å². The molecule has 2 aromatic rings. The van der Waals surface area contributed by atoms with Crippen molar-refractivity contribution in [1.29, 1.82) is 0 Å². The van der Waals surface area contributed by atoms with Crippen molar-refractivity contribution in [2.45, 2.75) is 13.3 Å². The van der Waals surface area contributed by atoms with E-state index in [0.29, 0.717) is 24.0 Å². The highest BCUT2D eigenvalue weighted by Crippen LogP contribution is 2.17. The molecule has 0 saturated carbocycles. The van der Waals surface area contributed by atoms with Crippen molar-refractivity contribution in [3.05, 3.63) is 30.0 Å². The van der Waals surface area contributed by atoms with Gasteiger partial charge >= 0.3 is 5.97 Å². The molecule has 6 nitrogen and oxygen atoms in total. The van der Waals surface area contributed by atoms with Crippen LogP contribution in [0.2, 0.25) is 0 Å². The zero-order chi connectivity index (χ0) is 13.8. The van der Waals surface area contributed by atoms with Crippen LogP contribution in [0.3, 0.4) is 0 Å². The van der Waals surface area contributed by atoms with Crippen LogP contribution in [-0.2, 0) is 4.79 Å². The number of hydrogen-bond acceptors (Lipinski definition) is 3. The van der Waals surface area contributed by atoms with Crippen LogP contribution in [-0.4, -0.2) is 45.2 Å². The molecule has 1 aromatic heterocycles. The molecule has 1 heterocycles. The molecule has 2 rings (SSSR count). The Hall–Kier alpha value is -2.37. The molecule has 0 spiro atoms. The third kappa shape index (κ3) is 2.73. The summed E-state index contributed by atoms with van der Waals surface area (Å²) in [6, 6.07) is 5.28. The number of nitrogens with one attached hydrogen (secondary N) is 1. The summed E-state index contributed by atoms with van der Waals surface area (Å²) >= 11 is 0. The highest BCUT2D eigenvalue weighted by Gasteiger charge is 2.20. The van der Waals surface area contributed by atoms with E-state index in [0.717, 1.165) is 5.39 Å². The zero-order valence-electron chi connectivity index (χ0n) is 10.6. The van der Waals surface area contributed by atoms with Crippen LogP contribution < -0.4 is 0 Å². The van der Waals surface area contributed by atoms with Crippen molar-refractivity contribution in [2.24, 2.45) is 0 Å². The number of nitrogens with zero attached hydrogens (tertiary/aromatic N) is 2. The molecule has 100 valence electrons. The Labute approximate surface area is 110 Å². The smallest absolute Gasteiger partial charge is 0.323 e. The molecule has 0 atom stereocenters. The van der Waals surface area contributed by atoms with Gasteiger partial charge < -0.3 is 10.0 Å². The number of amides is 1. The van der Waals surface area contributed by atoms with E-state index in [1.807, 2.05) is 13.0 Å². The number of aliphatic carboxylic acids is 1. The SMILES string of the molecule is CCCN(CC(=O)O)C(=O)c1cccc2cn[nH]c12. The maximum absolute atomic E-state index is 12.4. The molecule has 0 saturated heterocycles. The van der Waals surface area contributed by atoms with E-state index in [9.17, 15) is 9.59 Å². The monoisotopic (exact) mass is 261 g/mol. The lowest BCUT2D eigenvalue weighted by Crippen LogP contribution is -2.36. The predicted molar refractivity (Wildman–Crippen MR) is 69.9 cm³/mol. The normalized spacial score (nSPS) is 10.6. The topological polar surface area (TPSA) is 86.3 Å².